The Labute approximate surface area is 96.7 Å². The normalized spacial score (nSPS) is 10.2. The summed E-state index contributed by atoms with van der Waals surface area (Å²) in [6.45, 7) is 0.305. The SMILES string of the molecule is N#Cc1nn(CCCl)c(=O)c2ccccc12. The Morgan fingerprint density at radius 2 is 2.06 bits per heavy atom. The van der Waals surface area contributed by atoms with E-state index < -0.39 is 0 Å². The van der Waals surface area contributed by atoms with Crippen LogP contribution in [0, 0.1) is 11.3 Å². The monoisotopic (exact) mass is 233 g/mol. The number of rotatable bonds is 2. The van der Waals surface area contributed by atoms with Crippen molar-refractivity contribution < 1.29 is 0 Å². The Bertz CT molecular complexity index is 627. The van der Waals surface area contributed by atoms with Gasteiger partial charge in [0.1, 0.15) is 6.07 Å². The molecule has 16 heavy (non-hydrogen) atoms. The molecule has 0 unspecified atom stereocenters. The van der Waals surface area contributed by atoms with Crippen LogP contribution in [0.1, 0.15) is 5.69 Å². The third-order valence-corrected chi connectivity index (χ3v) is 2.44. The summed E-state index contributed by atoms with van der Waals surface area (Å²) in [7, 11) is 0. The molecule has 2 aromatic rings. The van der Waals surface area contributed by atoms with E-state index in [0.717, 1.165) is 0 Å². The molecule has 0 spiro atoms. The van der Waals surface area contributed by atoms with E-state index in [9.17, 15) is 4.79 Å². The van der Waals surface area contributed by atoms with Gasteiger partial charge in [-0.1, -0.05) is 18.2 Å². The molecule has 0 bridgehead atoms. The van der Waals surface area contributed by atoms with E-state index in [1.165, 1.54) is 4.68 Å². The number of fused-ring (bicyclic) bond motifs is 1. The van der Waals surface area contributed by atoms with E-state index in [4.69, 9.17) is 16.9 Å². The smallest absolute Gasteiger partial charge is 0.267 e. The summed E-state index contributed by atoms with van der Waals surface area (Å²) in [5, 5.41) is 14.0. The van der Waals surface area contributed by atoms with Crippen LogP contribution in [0.4, 0.5) is 0 Å². The average molecular weight is 234 g/mol. The van der Waals surface area contributed by atoms with Crippen molar-refractivity contribution in [2.24, 2.45) is 0 Å². The topological polar surface area (TPSA) is 58.7 Å². The molecule has 4 nitrogen and oxygen atoms in total. The Kier molecular flexibility index (Phi) is 2.88. The fourth-order valence-corrected chi connectivity index (χ4v) is 1.71. The van der Waals surface area contributed by atoms with Gasteiger partial charge in [0.15, 0.2) is 5.69 Å². The van der Waals surface area contributed by atoms with Crippen molar-refractivity contribution in [3.63, 3.8) is 0 Å². The summed E-state index contributed by atoms with van der Waals surface area (Å²) in [5.41, 5.74) is 0.0376. The standard InChI is InChI=1S/C11H8ClN3O/c12-5-6-15-11(16)9-4-2-1-3-8(9)10(7-13)14-15/h1-4H,5-6H2. The molecule has 0 aliphatic heterocycles. The van der Waals surface area contributed by atoms with Crippen molar-refractivity contribution in [1.29, 1.82) is 5.26 Å². The summed E-state index contributed by atoms with van der Waals surface area (Å²) in [4.78, 5) is 11.9. The van der Waals surface area contributed by atoms with Gasteiger partial charge in [0.05, 0.1) is 11.9 Å². The highest BCUT2D eigenvalue weighted by Crippen LogP contribution is 2.11. The highest BCUT2D eigenvalue weighted by molar-refractivity contribution is 6.17. The molecule has 0 fully saturated rings. The number of aromatic nitrogens is 2. The van der Waals surface area contributed by atoms with E-state index in [1.807, 2.05) is 6.07 Å². The Hall–Kier alpha value is -1.86. The fourth-order valence-electron chi connectivity index (χ4n) is 1.55. The third kappa shape index (κ3) is 1.66. The molecule has 0 amide bonds. The molecule has 0 saturated carbocycles. The highest BCUT2D eigenvalue weighted by Gasteiger charge is 2.08. The maximum Gasteiger partial charge on any atom is 0.274 e. The largest absolute Gasteiger partial charge is 0.274 e. The van der Waals surface area contributed by atoms with E-state index in [1.54, 1.807) is 24.3 Å². The van der Waals surface area contributed by atoms with Crippen LogP contribution in [0.25, 0.3) is 10.8 Å². The second kappa shape index (κ2) is 4.33. The lowest BCUT2D eigenvalue weighted by molar-refractivity contribution is 0.623. The first-order valence-corrected chi connectivity index (χ1v) is 5.27. The Balaban J connectivity index is 2.85. The number of alkyl halides is 1. The van der Waals surface area contributed by atoms with Crippen LogP contribution in [-0.2, 0) is 6.54 Å². The van der Waals surface area contributed by atoms with Crippen LogP contribution in [-0.4, -0.2) is 15.7 Å². The van der Waals surface area contributed by atoms with Crippen molar-refractivity contribution in [1.82, 2.24) is 9.78 Å². The number of hydrogen-bond donors (Lipinski definition) is 0. The van der Waals surface area contributed by atoms with Crippen LogP contribution in [0.15, 0.2) is 29.1 Å². The van der Waals surface area contributed by atoms with E-state index in [2.05, 4.69) is 5.10 Å². The van der Waals surface area contributed by atoms with Crippen LogP contribution < -0.4 is 5.56 Å². The van der Waals surface area contributed by atoms with Crippen molar-refractivity contribution >= 4 is 22.4 Å². The molecule has 0 saturated heterocycles. The first-order valence-electron chi connectivity index (χ1n) is 4.74. The maximum atomic E-state index is 11.9. The van der Waals surface area contributed by atoms with Gasteiger partial charge in [0, 0.05) is 11.3 Å². The molecule has 0 atom stereocenters. The molecule has 0 aliphatic carbocycles. The van der Waals surface area contributed by atoms with Crippen LogP contribution >= 0.6 is 11.6 Å². The first-order chi connectivity index (χ1) is 7.77. The number of aryl methyl sites for hydroxylation is 1. The number of benzene rings is 1. The molecule has 80 valence electrons. The molecule has 5 heteroatoms. The van der Waals surface area contributed by atoms with Crippen molar-refractivity contribution in [3.8, 4) is 6.07 Å². The number of halogens is 1. The Morgan fingerprint density at radius 3 is 2.69 bits per heavy atom. The third-order valence-electron chi connectivity index (χ3n) is 2.27. The minimum atomic E-state index is -0.213. The summed E-state index contributed by atoms with van der Waals surface area (Å²) >= 11 is 5.57. The minimum absolute atomic E-state index is 0.213. The predicted molar refractivity (Wildman–Crippen MR) is 61.4 cm³/mol. The van der Waals surface area contributed by atoms with Gasteiger partial charge in [0.2, 0.25) is 0 Å². The zero-order valence-electron chi connectivity index (χ0n) is 8.35. The second-order valence-electron chi connectivity index (χ2n) is 3.22. The van der Waals surface area contributed by atoms with Gasteiger partial charge in [-0.25, -0.2) is 4.68 Å². The van der Waals surface area contributed by atoms with Gasteiger partial charge in [-0.15, -0.1) is 11.6 Å². The maximum absolute atomic E-state index is 11.9. The molecule has 1 aromatic heterocycles. The van der Waals surface area contributed by atoms with Gasteiger partial charge in [-0.3, -0.25) is 4.79 Å². The average Bonchev–Trinajstić information content (AvgIpc) is 2.33. The van der Waals surface area contributed by atoms with Gasteiger partial charge in [-0.05, 0) is 6.07 Å². The van der Waals surface area contributed by atoms with E-state index in [-0.39, 0.29) is 17.1 Å². The molecule has 0 aliphatic rings. The molecule has 0 N–H and O–H groups in total. The molecule has 2 rings (SSSR count). The second-order valence-corrected chi connectivity index (χ2v) is 3.60. The zero-order chi connectivity index (χ0) is 11.5. The lowest BCUT2D eigenvalue weighted by Crippen LogP contribution is -2.24. The van der Waals surface area contributed by atoms with Crippen LogP contribution in [0.3, 0.4) is 0 Å². The number of nitrogens with zero attached hydrogens (tertiary/aromatic N) is 3. The molecule has 0 radical (unpaired) electrons. The fraction of sp³-hybridized carbons (Fsp3) is 0.182. The highest BCUT2D eigenvalue weighted by atomic mass is 35.5. The summed E-state index contributed by atoms with van der Waals surface area (Å²) in [6, 6.07) is 8.92. The minimum Gasteiger partial charge on any atom is -0.267 e. The van der Waals surface area contributed by atoms with Gasteiger partial charge in [-0.2, -0.15) is 10.4 Å². The van der Waals surface area contributed by atoms with Gasteiger partial charge >= 0.3 is 0 Å². The Morgan fingerprint density at radius 1 is 1.38 bits per heavy atom. The summed E-state index contributed by atoms with van der Waals surface area (Å²) < 4.78 is 1.23. The lowest BCUT2D eigenvalue weighted by atomic mass is 10.1. The lowest BCUT2D eigenvalue weighted by Gasteiger charge is -2.05. The number of nitriles is 1. The molecular weight excluding hydrogens is 226 g/mol. The first kappa shape index (κ1) is 10.7. The molecule has 1 aromatic carbocycles. The van der Waals surface area contributed by atoms with Gasteiger partial charge in [0.25, 0.3) is 5.56 Å². The van der Waals surface area contributed by atoms with Crippen molar-refractivity contribution in [2.45, 2.75) is 6.54 Å². The quantitative estimate of drug-likeness (QED) is 0.739. The molecule has 1 heterocycles. The zero-order valence-corrected chi connectivity index (χ0v) is 9.11. The summed E-state index contributed by atoms with van der Waals surface area (Å²) in [6.07, 6.45) is 0. The van der Waals surface area contributed by atoms with Crippen LogP contribution in [0.5, 0.6) is 0 Å². The van der Waals surface area contributed by atoms with E-state index >= 15 is 0 Å². The van der Waals surface area contributed by atoms with Crippen LogP contribution in [0.2, 0.25) is 0 Å². The molecular formula is C11H8ClN3O. The summed E-state index contributed by atoms with van der Waals surface area (Å²) in [5.74, 6) is 0.288. The van der Waals surface area contributed by atoms with Gasteiger partial charge < -0.3 is 0 Å². The van der Waals surface area contributed by atoms with Crippen molar-refractivity contribution in [2.75, 3.05) is 5.88 Å². The predicted octanol–water partition coefficient (Wildman–Crippen LogP) is 1.51. The van der Waals surface area contributed by atoms with E-state index in [0.29, 0.717) is 17.3 Å². The number of hydrogen-bond acceptors (Lipinski definition) is 3. The van der Waals surface area contributed by atoms with Crippen molar-refractivity contribution in [3.05, 3.63) is 40.3 Å².